The van der Waals surface area contributed by atoms with Gasteiger partial charge in [-0.3, -0.25) is 0 Å². The van der Waals surface area contributed by atoms with Gasteiger partial charge in [-0.2, -0.15) is 5.10 Å². The average molecular weight is 383 g/mol. The predicted octanol–water partition coefficient (Wildman–Crippen LogP) is 4.18. The fraction of sp³-hybridized carbons (Fsp3) is 0.176. The Kier molecular flexibility index (Phi) is 6.90. The number of nitrogens with zero attached hydrogens (tertiary/aromatic N) is 2. The first-order chi connectivity index (χ1) is 12.4. The van der Waals surface area contributed by atoms with Gasteiger partial charge in [0.2, 0.25) is 0 Å². The molecule has 0 fully saturated rings. The summed E-state index contributed by atoms with van der Waals surface area (Å²) < 4.78 is 45.6. The Morgan fingerprint density at radius 3 is 2.58 bits per heavy atom. The topological polar surface area (TPSA) is 69.2 Å². The Morgan fingerprint density at radius 2 is 1.92 bits per heavy atom. The molecule has 0 aliphatic heterocycles. The highest BCUT2D eigenvalue weighted by Crippen LogP contribution is 2.28. The number of thioether (sulfide) groups is 1. The number of halogens is 3. The van der Waals surface area contributed by atoms with Gasteiger partial charge in [0.15, 0.2) is 5.17 Å². The lowest BCUT2D eigenvalue weighted by Gasteiger charge is -2.11. The second-order valence-corrected chi connectivity index (χ2v) is 5.90. The van der Waals surface area contributed by atoms with E-state index in [1.54, 1.807) is 0 Å². The number of benzene rings is 2. The molecule has 138 valence electrons. The largest absolute Gasteiger partial charge is 0.573 e. The Labute approximate surface area is 152 Å². The molecule has 2 aromatic rings. The fourth-order valence-corrected chi connectivity index (χ4v) is 2.52. The summed E-state index contributed by atoms with van der Waals surface area (Å²) in [7, 11) is 1.33. The van der Waals surface area contributed by atoms with Crippen LogP contribution in [0, 0.1) is 0 Å². The molecule has 5 nitrogen and oxygen atoms in total. The molecular formula is C17H16F3N3O2S. The molecule has 0 aliphatic carbocycles. The minimum Gasteiger partial charge on any atom is -0.496 e. The van der Waals surface area contributed by atoms with Crippen LogP contribution in [0.15, 0.2) is 58.7 Å². The molecule has 9 heteroatoms. The summed E-state index contributed by atoms with van der Waals surface area (Å²) in [6, 6.07) is 13.4. The summed E-state index contributed by atoms with van der Waals surface area (Å²) in [6.07, 6.45) is -3.43. The predicted molar refractivity (Wildman–Crippen MR) is 96.6 cm³/mol. The Morgan fingerprint density at radius 1 is 1.19 bits per heavy atom. The van der Waals surface area contributed by atoms with Crippen LogP contribution in [-0.4, -0.2) is 24.9 Å². The van der Waals surface area contributed by atoms with Gasteiger partial charge in [0.1, 0.15) is 11.5 Å². The summed E-state index contributed by atoms with van der Waals surface area (Å²) in [6.45, 7) is 0. The zero-order valence-electron chi connectivity index (χ0n) is 13.7. The molecule has 0 amide bonds. The number of hydrogen-bond acceptors (Lipinski definition) is 5. The van der Waals surface area contributed by atoms with E-state index in [2.05, 4.69) is 14.9 Å². The monoisotopic (exact) mass is 383 g/mol. The molecule has 0 saturated carbocycles. The van der Waals surface area contributed by atoms with Crippen molar-refractivity contribution in [2.75, 3.05) is 7.11 Å². The molecule has 26 heavy (non-hydrogen) atoms. The van der Waals surface area contributed by atoms with Gasteiger partial charge in [0, 0.05) is 17.4 Å². The number of nitrogens with two attached hydrogens (primary N) is 1. The van der Waals surface area contributed by atoms with Gasteiger partial charge in [-0.1, -0.05) is 42.1 Å². The molecule has 0 heterocycles. The summed E-state index contributed by atoms with van der Waals surface area (Å²) in [5.41, 5.74) is 7.31. The van der Waals surface area contributed by atoms with Crippen molar-refractivity contribution in [1.29, 1.82) is 0 Å². The van der Waals surface area contributed by atoms with Gasteiger partial charge in [-0.15, -0.1) is 18.3 Å². The van der Waals surface area contributed by atoms with Crippen LogP contribution < -0.4 is 15.2 Å². The van der Waals surface area contributed by atoms with Crippen molar-refractivity contribution < 1.29 is 22.6 Å². The van der Waals surface area contributed by atoms with E-state index in [1.165, 1.54) is 31.2 Å². The lowest BCUT2D eigenvalue weighted by Crippen LogP contribution is -2.17. The fourth-order valence-electron chi connectivity index (χ4n) is 1.90. The van der Waals surface area contributed by atoms with Crippen LogP contribution in [0.4, 0.5) is 13.2 Å². The maximum atomic E-state index is 12.2. The van der Waals surface area contributed by atoms with E-state index in [1.807, 2.05) is 30.3 Å². The Bertz CT molecular complexity index is 781. The van der Waals surface area contributed by atoms with Crippen molar-refractivity contribution in [1.82, 2.24) is 0 Å². The number of amidine groups is 1. The van der Waals surface area contributed by atoms with Gasteiger partial charge in [0.25, 0.3) is 0 Å². The summed E-state index contributed by atoms with van der Waals surface area (Å²) >= 11 is 1.32. The third-order valence-electron chi connectivity index (χ3n) is 3.02. The summed E-state index contributed by atoms with van der Waals surface area (Å²) in [5.74, 6) is 0.438. The van der Waals surface area contributed by atoms with Crippen molar-refractivity contribution in [2.24, 2.45) is 15.9 Å². The third kappa shape index (κ3) is 6.67. The standard InChI is InChI=1S/C17H16F3N3O2S/c1-24-15-9-14(25-17(18,19)20)8-7-13(15)10-22-23-16(21)26-11-12-5-3-2-4-6-12/h2-10H,11H2,1H3,(H2,21,23). The van der Waals surface area contributed by atoms with Crippen LogP contribution in [0.3, 0.4) is 0 Å². The minimum absolute atomic E-state index is 0.168. The summed E-state index contributed by atoms with van der Waals surface area (Å²) in [4.78, 5) is 0. The lowest BCUT2D eigenvalue weighted by atomic mass is 10.2. The molecule has 0 aliphatic rings. The third-order valence-corrected chi connectivity index (χ3v) is 3.88. The van der Waals surface area contributed by atoms with Crippen LogP contribution in [-0.2, 0) is 5.75 Å². The molecular weight excluding hydrogens is 367 g/mol. The second kappa shape index (κ2) is 9.14. The molecule has 0 bridgehead atoms. The number of ether oxygens (including phenoxy) is 2. The first-order valence-electron chi connectivity index (χ1n) is 7.34. The second-order valence-electron chi connectivity index (χ2n) is 4.91. The number of methoxy groups -OCH3 is 1. The van der Waals surface area contributed by atoms with Crippen LogP contribution in [0.25, 0.3) is 0 Å². The molecule has 2 aromatic carbocycles. The number of hydrogen-bond donors (Lipinski definition) is 1. The molecule has 2 rings (SSSR count). The number of alkyl halides is 3. The van der Waals surface area contributed by atoms with E-state index in [4.69, 9.17) is 10.5 Å². The van der Waals surface area contributed by atoms with E-state index in [0.717, 1.165) is 17.7 Å². The van der Waals surface area contributed by atoms with Crippen LogP contribution in [0.5, 0.6) is 11.5 Å². The van der Waals surface area contributed by atoms with Crippen molar-refractivity contribution >= 4 is 23.1 Å². The zero-order chi connectivity index (χ0) is 19.0. The quantitative estimate of drug-likeness (QED) is 0.462. The van der Waals surface area contributed by atoms with Crippen LogP contribution in [0.2, 0.25) is 0 Å². The van der Waals surface area contributed by atoms with Crippen molar-refractivity contribution in [3.63, 3.8) is 0 Å². The molecule has 2 N–H and O–H groups in total. The van der Waals surface area contributed by atoms with E-state index in [-0.39, 0.29) is 16.7 Å². The van der Waals surface area contributed by atoms with Gasteiger partial charge >= 0.3 is 6.36 Å². The molecule has 0 unspecified atom stereocenters. The van der Waals surface area contributed by atoms with Gasteiger partial charge in [-0.05, 0) is 17.7 Å². The Balaban J connectivity index is 2.00. The molecule has 0 aromatic heterocycles. The van der Waals surface area contributed by atoms with Crippen LogP contribution >= 0.6 is 11.8 Å². The molecule has 0 spiro atoms. The SMILES string of the molecule is COc1cc(OC(F)(F)F)ccc1C=NN=C(N)SCc1ccccc1. The smallest absolute Gasteiger partial charge is 0.496 e. The minimum atomic E-state index is -4.77. The Hall–Kier alpha value is -2.68. The highest BCUT2D eigenvalue weighted by molar-refractivity contribution is 8.13. The lowest BCUT2D eigenvalue weighted by molar-refractivity contribution is -0.274. The first-order valence-corrected chi connectivity index (χ1v) is 8.33. The molecule has 0 radical (unpaired) electrons. The van der Waals surface area contributed by atoms with Crippen molar-refractivity contribution in [2.45, 2.75) is 12.1 Å². The highest BCUT2D eigenvalue weighted by Gasteiger charge is 2.31. The average Bonchev–Trinajstić information content (AvgIpc) is 2.60. The number of rotatable bonds is 6. The van der Waals surface area contributed by atoms with Gasteiger partial charge in [0.05, 0.1) is 13.3 Å². The zero-order valence-corrected chi connectivity index (χ0v) is 14.6. The maximum Gasteiger partial charge on any atom is 0.573 e. The van der Waals surface area contributed by atoms with E-state index in [9.17, 15) is 13.2 Å². The van der Waals surface area contributed by atoms with E-state index in [0.29, 0.717) is 11.3 Å². The highest BCUT2D eigenvalue weighted by atomic mass is 32.2. The summed E-state index contributed by atoms with van der Waals surface area (Å²) in [5, 5.41) is 7.96. The van der Waals surface area contributed by atoms with Crippen molar-refractivity contribution in [3.8, 4) is 11.5 Å². The maximum absolute atomic E-state index is 12.2. The normalized spacial score (nSPS) is 12.4. The first kappa shape index (κ1) is 19.6. The van der Waals surface area contributed by atoms with Gasteiger partial charge < -0.3 is 15.2 Å². The molecule has 0 saturated heterocycles. The van der Waals surface area contributed by atoms with Crippen molar-refractivity contribution in [3.05, 3.63) is 59.7 Å². The molecule has 0 atom stereocenters. The van der Waals surface area contributed by atoms with E-state index < -0.39 is 6.36 Å². The van der Waals surface area contributed by atoms with Gasteiger partial charge in [-0.25, -0.2) is 0 Å². The van der Waals surface area contributed by atoms with Crippen LogP contribution in [0.1, 0.15) is 11.1 Å². The van der Waals surface area contributed by atoms with E-state index >= 15 is 0 Å².